The Hall–Kier alpha value is 1.19. The van der Waals surface area contributed by atoms with Gasteiger partial charge in [0.25, 0.3) is 0 Å². The van der Waals surface area contributed by atoms with E-state index in [-0.39, 0.29) is 52.0 Å². The molecule has 0 saturated carbocycles. The molecule has 0 aromatic heterocycles. The average Bonchev–Trinajstić information content (AvgIpc) is 0.918. The summed E-state index contributed by atoms with van der Waals surface area (Å²) in [7, 11) is 0. The molecule has 0 fully saturated rings. The van der Waals surface area contributed by atoms with Gasteiger partial charge in [-0.05, 0) is 6.54 Å². The Kier molecular flexibility index (Phi) is 342. The second kappa shape index (κ2) is 57.5. The van der Waals surface area contributed by atoms with E-state index in [0.717, 1.165) is 6.54 Å². The first-order valence-electron chi connectivity index (χ1n) is 1.12. The molecule has 0 aromatic rings. The molecule has 0 rings (SSSR count). The van der Waals surface area contributed by atoms with Crippen molar-refractivity contribution in [3.05, 3.63) is 0 Å². The molecule has 0 bridgehead atoms. The molecule has 0 aromatic carbocycles. The van der Waals surface area contributed by atoms with Gasteiger partial charge in [0.2, 0.25) is 0 Å². The van der Waals surface area contributed by atoms with Crippen molar-refractivity contribution in [1.82, 2.24) is 6.15 Å². The van der Waals surface area contributed by atoms with Crippen molar-refractivity contribution in [3.8, 4) is 0 Å². The third kappa shape index (κ3) is 137. The van der Waals surface area contributed by atoms with E-state index in [2.05, 4.69) is 0 Å². The number of hydrogen-bond acceptors (Lipinski definition) is 2. The normalized spacial score (nSPS) is 2.57. The summed E-state index contributed by atoms with van der Waals surface area (Å²) in [5.41, 5.74) is 4.85. The molecule has 2 nitrogen and oxygen atoms in total. The summed E-state index contributed by atoms with van der Waals surface area (Å²) in [5, 5.41) is 0. The molecule has 7 heavy (non-hydrogen) atoms. The number of nitrogens with two attached hydrogens (primary N) is 1. The Labute approximate surface area is 71.3 Å². The van der Waals surface area contributed by atoms with Crippen LogP contribution in [-0.4, -0.2) is 6.54 Å². The van der Waals surface area contributed by atoms with E-state index in [1.807, 2.05) is 6.92 Å². The zero-order valence-electron chi connectivity index (χ0n) is 4.06. The Balaban J connectivity index is -0.00000000333. The van der Waals surface area contributed by atoms with Crippen LogP contribution < -0.4 is 36.7 Å². The fourth-order valence-corrected chi connectivity index (χ4v) is 0. The number of hydrogen-bond donors (Lipinski definition) is 2. The first kappa shape index (κ1) is 41.6. The molecule has 0 unspecified atom stereocenters. The van der Waals surface area contributed by atoms with E-state index >= 15 is 0 Å². The van der Waals surface area contributed by atoms with Crippen LogP contribution in [0.25, 0.3) is 0 Å². The summed E-state index contributed by atoms with van der Waals surface area (Å²) in [6, 6.07) is 0. The van der Waals surface area contributed by atoms with E-state index in [4.69, 9.17) is 5.73 Å². The Bertz CT molecular complexity index is 13.7. The molecule has 0 saturated heterocycles. The van der Waals surface area contributed by atoms with Crippen LogP contribution in [-0.2, 0) is 21.1 Å². The average molecular weight is 328 g/mol. The fraction of sp³-hybridized carbons (Fsp3) is 1.00. The van der Waals surface area contributed by atoms with E-state index in [1.54, 1.807) is 0 Å². The topological polar surface area (TPSA) is 61.0 Å². The van der Waals surface area contributed by atoms with E-state index in [9.17, 15) is 0 Å². The van der Waals surface area contributed by atoms with Gasteiger partial charge in [0.15, 0.2) is 0 Å². The van der Waals surface area contributed by atoms with Crippen LogP contribution in [0.2, 0.25) is 0 Å². The van der Waals surface area contributed by atoms with Gasteiger partial charge in [0.1, 0.15) is 0 Å². The van der Waals surface area contributed by atoms with Gasteiger partial charge in [-0.2, -0.15) is 0 Å². The first-order valence-corrected chi connectivity index (χ1v) is 1.12. The molecule has 0 heterocycles. The third-order valence-electron chi connectivity index (χ3n) is 0. The minimum absolute atomic E-state index is 0. The third-order valence-corrected chi connectivity index (χ3v) is 0. The van der Waals surface area contributed by atoms with Gasteiger partial charge in [-0.15, -0.1) is 0 Å². The molecule has 0 amide bonds. The Morgan fingerprint density at radius 2 is 1.29 bits per heavy atom. The van der Waals surface area contributed by atoms with Crippen molar-refractivity contribution in [2.24, 2.45) is 5.73 Å². The molecule has 0 aliphatic heterocycles. The van der Waals surface area contributed by atoms with Gasteiger partial charge in [-0.3, -0.25) is 0 Å². The van der Waals surface area contributed by atoms with Gasteiger partial charge in [-0.25, -0.2) is 0 Å². The fourth-order valence-electron chi connectivity index (χ4n) is 0. The van der Waals surface area contributed by atoms with Crippen LogP contribution in [0, 0.1) is 0 Å². The van der Waals surface area contributed by atoms with Crippen molar-refractivity contribution < 1.29 is 45.9 Å². The predicted molar refractivity (Wildman–Crippen MR) is 19.8 cm³/mol. The summed E-state index contributed by atoms with van der Waals surface area (Å²) >= 11 is 0. The minimum Gasteiger partial charge on any atom is -1.00 e. The standard InChI is InChI=1S/C2H7N.2ClH.H3N.Pt/c1-2-3;;;;/h2-3H2,1H3;2*1H;1H3;/q;;;;+2/p-2. The molecule has 0 radical (unpaired) electrons. The van der Waals surface area contributed by atoms with Crippen molar-refractivity contribution >= 4 is 0 Å². The second-order valence-corrected chi connectivity index (χ2v) is 0.408. The van der Waals surface area contributed by atoms with E-state index in [1.165, 1.54) is 0 Å². The SMILES string of the molecule is CCN.N.[Cl-].[Cl-].[Pt+2]. The van der Waals surface area contributed by atoms with Crippen LogP contribution in [0.5, 0.6) is 0 Å². The molecule has 5 heteroatoms. The summed E-state index contributed by atoms with van der Waals surface area (Å²) < 4.78 is 0. The van der Waals surface area contributed by atoms with Gasteiger partial charge in [0, 0.05) is 0 Å². The van der Waals surface area contributed by atoms with Crippen LogP contribution in [0.4, 0.5) is 0 Å². The quantitative estimate of drug-likeness (QED) is 0.465. The zero-order chi connectivity index (χ0) is 2.71. The predicted octanol–water partition coefficient (Wildman–Crippen LogP) is -5.87. The van der Waals surface area contributed by atoms with E-state index in [0.29, 0.717) is 0 Å². The second-order valence-electron chi connectivity index (χ2n) is 0.408. The molecule has 0 aliphatic carbocycles. The van der Waals surface area contributed by atoms with Gasteiger partial charge in [0.05, 0.1) is 0 Å². The number of halogens is 2. The molecule has 5 N–H and O–H groups in total. The molecular weight excluding hydrogens is 318 g/mol. The maximum atomic E-state index is 4.85. The maximum absolute atomic E-state index is 4.85. The number of rotatable bonds is 0. The molecule has 0 aliphatic rings. The Morgan fingerprint density at radius 1 is 1.29 bits per heavy atom. The summed E-state index contributed by atoms with van der Waals surface area (Å²) in [4.78, 5) is 0. The molecular formula is C2H10Cl2N2Pt. The monoisotopic (exact) mass is 327 g/mol. The first-order chi connectivity index (χ1) is 1.41. The van der Waals surface area contributed by atoms with Crippen LogP contribution in [0.3, 0.4) is 0 Å². The molecule has 0 spiro atoms. The summed E-state index contributed by atoms with van der Waals surface area (Å²) in [6.07, 6.45) is 0. The zero-order valence-corrected chi connectivity index (χ0v) is 7.85. The molecule has 52 valence electrons. The van der Waals surface area contributed by atoms with Crippen molar-refractivity contribution in [2.45, 2.75) is 6.92 Å². The largest absolute Gasteiger partial charge is 2.00 e. The van der Waals surface area contributed by atoms with Crippen molar-refractivity contribution in [2.75, 3.05) is 6.54 Å². The van der Waals surface area contributed by atoms with E-state index < -0.39 is 0 Å². The summed E-state index contributed by atoms with van der Waals surface area (Å²) in [6.45, 7) is 2.65. The van der Waals surface area contributed by atoms with Gasteiger partial charge >= 0.3 is 21.1 Å². The van der Waals surface area contributed by atoms with Gasteiger partial charge in [-0.1, -0.05) is 6.92 Å². The van der Waals surface area contributed by atoms with Crippen LogP contribution in [0.1, 0.15) is 6.92 Å². The maximum Gasteiger partial charge on any atom is 2.00 e. The van der Waals surface area contributed by atoms with Crippen LogP contribution in [0.15, 0.2) is 0 Å². The smallest absolute Gasteiger partial charge is 1.00 e. The minimum atomic E-state index is 0. The van der Waals surface area contributed by atoms with Crippen molar-refractivity contribution in [1.29, 1.82) is 0 Å². The van der Waals surface area contributed by atoms with Crippen molar-refractivity contribution in [3.63, 3.8) is 0 Å². The van der Waals surface area contributed by atoms with Crippen LogP contribution >= 0.6 is 0 Å². The molecule has 0 atom stereocenters. The summed E-state index contributed by atoms with van der Waals surface area (Å²) in [5.74, 6) is 0. The van der Waals surface area contributed by atoms with Gasteiger partial charge < -0.3 is 36.7 Å². The Morgan fingerprint density at radius 3 is 1.29 bits per heavy atom.